The number of hydrogen-bond acceptors (Lipinski definition) is 2. The second kappa shape index (κ2) is 4.60. The molecule has 0 aliphatic rings. The first kappa shape index (κ1) is 11.7. The molecule has 2 aromatic carbocycles. The van der Waals surface area contributed by atoms with E-state index in [0.717, 1.165) is 5.56 Å². The van der Waals surface area contributed by atoms with Gasteiger partial charge in [-0.1, -0.05) is 35.4 Å². The van der Waals surface area contributed by atoms with Crippen molar-refractivity contribution in [3.05, 3.63) is 64.2 Å². The highest BCUT2D eigenvalue weighted by molar-refractivity contribution is 6.31. The predicted octanol–water partition coefficient (Wildman–Crippen LogP) is 3.46. The van der Waals surface area contributed by atoms with Crippen molar-refractivity contribution in [1.29, 1.82) is 0 Å². The number of benzene rings is 2. The van der Waals surface area contributed by atoms with Crippen LogP contribution in [0.25, 0.3) is 0 Å². The average molecular weight is 246 g/mol. The molecule has 0 radical (unpaired) electrons. The summed E-state index contributed by atoms with van der Waals surface area (Å²) < 4.78 is 0. The maximum absolute atomic E-state index is 12.2. The van der Waals surface area contributed by atoms with Crippen molar-refractivity contribution < 1.29 is 4.79 Å². The Labute approximate surface area is 105 Å². The maximum Gasteiger partial charge on any atom is 0.195 e. The second-order valence-corrected chi connectivity index (χ2v) is 4.37. The molecule has 2 N–H and O–H groups in total. The maximum atomic E-state index is 12.2. The summed E-state index contributed by atoms with van der Waals surface area (Å²) in [5.74, 6) is -0.103. The number of carbonyl (C=O) groups excluding carboxylic acids is 1. The van der Waals surface area contributed by atoms with Crippen LogP contribution in [-0.2, 0) is 0 Å². The van der Waals surface area contributed by atoms with Gasteiger partial charge in [-0.15, -0.1) is 0 Å². The quantitative estimate of drug-likeness (QED) is 0.650. The number of aryl methyl sites for hydroxylation is 1. The van der Waals surface area contributed by atoms with Gasteiger partial charge in [-0.3, -0.25) is 4.79 Å². The molecule has 0 unspecified atom stereocenters. The molecule has 2 rings (SSSR count). The minimum absolute atomic E-state index is 0.103. The smallest absolute Gasteiger partial charge is 0.195 e. The lowest BCUT2D eigenvalue weighted by atomic mass is 10.00. The van der Waals surface area contributed by atoms with Gasteiger partial charge in [0.05, 0.1) is 0 Å². The van der Waals surface area contributed by atoms with Gasteiger partial charge in [-0.25, -0.2) is 0 Å². The first-order chi connectivity index (χ1) is 8.08. The van der Waals surface area contributed by atoms with Gasteiger partial charge in [0.25, 0.3) is 0 Å². The van der Waals surface area contributed by atoms with E-state index in [-0.39, 0.29) is 5.78 Å². The highest BCUT2D eigenvalue weighted by Gasteiger charge is 2.12. The molecular weight excluding hydrogens is 234 g/mol. The molecule has 0 amide bonds. The van der Waals surface area contributed by atoms with Gasteiger partial charge in [0.2, 0.25) is 0 Å². The number of nitrogen functional groups attached to an aromatic ring is 1. The summed E-state index contributed by atoms with van der Waals surface area (Å²) in [6.07, 6.45) is 0. The summed E-state index contributed by atoms with van der Waals surface area (Å²) in [4.78, 5) is 12.2. The molecule has 0 aliphatic carbocycles. The third kappa shape index (κ3) is 2.48. The van der Waals surface area contributed by atoms with Crippen molar-refractivity contribution in [3.8, 4) is 0 Å². The van der Waals surface area contributed by atoms with Crippen LogP contribution in [0.3, 0.4) is 0 Å². The van der Waals surface area contributed by atoms with E-state index >= 15 is 0 Å². The van der Waals surface area contributed by atoms with Crippen LogP contribution in [0, 0.1) is 6.92 Å². The number of carbonyl (C=O) groups is 1. The molecule has 17 heavy (non-hydrogen) atoms. The van der Waals surface area contributed by atoms with Crippen LogP contribution in [0.15, 0.2) is 42.5 Å². The zero-order chi connectivity index (χ0) is 12.4. The van der Waals surface area contributed by atoms with E-state index in [1.165, 1.54) is 0 Å². The molecular formula is C14H12ClNO. The SMILES string of the molecule is Cc1ccc(N)c(C(=O)c2cccc(Cl)c2)c1. The van der Waals surface area contributed by atoms with E-state index in [1.807, 2.05) is 13.0 Å². The zero-order valence-electron chi connectivity index (χ0n) is 9.41. The molecule has 0 heterocycles. The molecule has 86 valence electrons. The van der Waals surface area contributed by atoms with Crippen molar-refractivity contribution in [2.45, 2.75) is 6.92 Å². The normalized spacial score (nSPS) is 10.2. The van der Waals surface area contributed by atoms with Crippen LogP contribution >= 0.6 is 11.6 Å². The third-order valence-electron chi connectivity index (χ3n) is 2.54. The predicted molar refractivity (Wildman–Crippen MR) is 70.5 cm³/mol. The molecule has 0 aromatic heterocycles. The zero-order valence-corrected chi connectivity index (χ0v) is 10.2. The fourth-order valence-electron chi connectivity index (χ4n) is 1.65. The monoisotopic (exact) mass is 245 g/mol. The lowest BCUT2D eigenvalue weighted by Crippen LogP contribution is -2.05. The molecule has 0 saturated heterocycles. The first-order valence-electron chi connectivity index (χ1n) is 5.24. The van der Waals surface area contributed by atoms with Gasteiger partial charge >= 0.3 is 0 Å². The van der Waals surface area contributed by atoms with E-state index in [0.29, 0.717) is 21.8 Å². The number of nitrogens with two attached hydrogens (primary N) is 1. The Morgan fingerprint density at radius 1 is 1.18 bits per heavy atom. The second-order valence-electron chi connectivity index (χ2n) is 3.93. The van der Waals surface area contributed by atoms with Crippen LogP contribution < -0.4 is 5.73 Å². The summed E-state index contributed by atoms with van der Waals surface area (Å²) in [5, 5.41) is 0.544. The lowest BCUT2D eigenvalue weighted by molar-refractivity contribution is 0.103. The summed E-state index contributed by atoms with van der Waals surface area (Å²) in [5.41, 5.74) is 8.37. The minimum Gasteiger partial charge on any atom is -0.398 e. The Hall–Kier alpha value is -1.80. The van der Waals surface area contributed by atoms with Crippen LogP contribution in [0.5, 0.6) is 0 Å². The minimum atomic E-state index is -0.103. The van der Waals surface area contributed by atoms with Gasteiger partial charge in [-0.05, 0) is 31.2 Å². The van der Waals surface area contributed by atoms with E-state index in [9.17, 15) is 4.79 Å². The molecule has 2 aromatic rings. The Bertz CT molecular complexity index is 578. The van der Waals surface area contributed by atoms with Gasteiger partial charge < -0.3 is 5.73 Å². The number of anilines is 1. The average Bonchev–Trinajstić information content (AvgIpc) is 2.31. The highest BCUT2D eigenvalue weighted by atomic mass is 35.5. The molecule has 0 bridgehead atoms. The number of ketones is 1. The van der Waals surface area contributed by atoms with Crippen molar-refractivity contribution in [2.75, 3.05) is 5.73 Å². The van der Waals surface area contributed by atoms with E-state index < -0.39 is 0 Å². The van der Waals surface area contributed by atoms with Crippen LogP contribution in [-0.4, -0.2) is 5.78 Å². The fraction of sp³-hybridized carbons (Fsp3) is 0.0714. The van der Waals surface area contributed by atoms with Crippen molar-refractivity contribution in [3.63, 3.8) is 0 Å². The molecule has 0 spiro atoms. The van der Waals surface area contributed by atoms with Crippen molar-refractivity contribution in [1.82, 2.24) is 0 Å². The van der Waals surface area contributed by atoms with Crippen LogP contribution in [0.1, 0.15) is 21.5 Å². The Morgan fingerprint density at radius 2 is 1.94 bits per heavy atom. The molecule has 0 fully saturated rings. The van der Waals surface area contributed by atoms with Gasteiger partial charge in [0.15, 0.2) is 5.78 Å². The summed E-state index contributed by atoms with van der Waals surface area (Å²) >= 11 is 5.86. The Balaban J connectivity index is 2.47. The molecule has 0 aliphatic heterocycles. The van der Waals surface area contributed by atoms with Crippen LogP contribution in [0.4, 0.5) is 5.69 Å². The lowest BCUT2D eigenvalue weighted by Gasteiger charge is -2.06. The molecule has 2 nitrogen and oxygen atoms in total. The van der Waals surface area contributed by atoms with Crippen molar-refractivity contribution >= 4 is 23.1 Å². The topological polar surface area (TPSA) is 43.1 Å². The Kier molecular flexibility index (Phi) is 3.16. The first-order valence-corrected chi connectivity index (χ1v) is 5.62. The fourth-order valence-corrected chi connectivity index (χ4v) is 1.84. The summed E-state index contributed by atoms with van der Waals surface area (Å²) in [6.45, 7) is 1.92. The highest BCUT2D eigenvalue weighted by Crippen LogP contribution is 2.20. The van der Waals surface area contributed by atoms with Gasteiger partial charge in [0, 0.05) is 21.8 Å². The van der Waals surface area contributed by atoms with Gasteiger partial charge in [-0.2, -0.15) is 0 Å². The molecule has 3 heteroatoms. The standard InChI is InChI=1S/C14H12ClNO/c1-9-5-6-13(16)12(7-9)14(17)10-3-2-4-11(15)8-10/h2-8H,16H2,1H3. The van der Waals surface area contributed by atoms with E-state index in [2.05, 4.69) is 0 Å². The van der Waals surface area contributed by atoms with Crippen molar-refractivity contribution in [2.24, 2.45) is 0 Å². The van der Waals surface area contributed by atoms with E-state index in [4.69, 9.17) is 17.3 Å². The largest absolute Gasteiger partial charge is 0.398 e. The van der Waals surface area contributed by atoms with Gasteiger partial charge in [0.1, 0.15) is 0 Å². The number of rotatable bonds is 2. The third-order valence-corrected chi connectivity index (χ3v) is 2.78. The molecule has 0 atom stereocenters. The number of halogens is 1. The Morgan fingerprint density at radius 3 is 2.65 bits per heavy atom. The van der Waals surface area contributed by atoms with Crippen LogP contribution in [0.2, 0.25) is 5.02 Å². The van der Waals surface area contributed by atoms with E-state index in [1.54, 1.807) is 36.4 Å². The summed E-state index contributed by atoms with van der Waals surface area (Å²) in [7, 11) is 0. The number of hydrogen-bond donors (Lipinski definition) is 1. The summed E-state index contributed by atoms with van der Waals surface area (Å²) in [6, 6.07) is 12.3. The molecule has 0 saturated carbocycles.